The third kappa shape index (κ3) is 0.461. The van der Waals surface area contributed by atoms with Gasteiger partial charge in [-0.05, 0) is 42.9 Å². The average molecular weight is 122 g/mol. The van der Waals surface area contributed by atoms with E-state index >= 15 is 0 Å². The maximum atomic E-state index is 1.62. The topological polar surface area (TPSA) is 0 Å². The van der Waals surface area contributed by atoms with Crippen LogP contribution >= 0.6 is 0 Å². The van der Waals surface area contributed by atoms with E-state index in [0.29, 0.717) is 0 Å². The molecular weight excluding hydrogens is 108 g/mol. The van der Waals surface area contributed by atoms with Crippen molar-refractivity contribution < 1.29 is 0 Å². The molecule has 0 heteroatoms. The largest absolute Gasteiger partial charge is 0.0530 e. The first-order valence-corrected chi connectivity index (χ1v) is 4.42. The lowest BCUT2D eigenvalue weighted by molar-refractivity contribution is 0.611. The minimum absolute atomic E-state index is 0.997. The summed E-state index contributed by atoms with van der Waals surface area (Å²) >= 11 is 0. The second-order valence-electron chi connectivity index (χ2n) is 4.32. The van der Waals surface area contributed by atoms with Gasteiger partial charge in [0.2, 0.25) is 0 Å². The molecule has 0 radical (unpaired) electrons. The van der Waals surface area contributed by atoms with E-state index in [0.717, 1.165) is 5.41 Å². The maximum Gasteiger partial charge on any atom is -0.0235 e. The van der Waals surface area contributed by atoms with Gasteiger partial charge in [-0.1, -0.05) is 12.8 Å². The lowest BCUT2D eigenvalue weighted by atomic mass is 10.1. The first kappa shape index (κ1) is 4.76. The summed E-state index contributed by atoms with van der Waals surface area (Å²) in [5, 5.41) is 0. The maximum absolute atomic E-state index is 1.62. The number of hydrogen-bond acceptors (Lipinski definition) is 0. The average Bonchev–Trinajstić information content (AvgIpc) is 2.59. The fourth-order valence-corrected chi connectivity index (χ4v) is 3.11. The summed E-state index contributed by atoms with van der Waals surface area (Å²) in [5.41, 5.74) is 0.997. The van der Waals surface area contributed by atoms with E-state index in [9.17, 15) is 0 Å². The molecule has 3 aliphatic carbocycles. The highest BCUT2D eigenvalue weighted by Crippen LogP contribution is 2.78. The molecule has 0 bridgehead atoms. The predicted molar refractivity (Wildman–Crippen MR) is 37.1 cm³/mol. The zero-order valence-corrected chi connectivity index (χ0v) is 5.90. The van der Waals surface area contributed by atoms with Crippen molar-refractivity contribution in [1.82, 2.24) is 0 Å². The normalized spacial score (nSPS) is 61.3. The Morgan fingerprint density at radius 1 is 0.889 bits per heavy atom. The van der Waals surface area contributed by atoms with Gasteiger partial charge in [-0.25, -0.2) is 0 Å². The quantitative estimate of drug-likeness (QED) is 0.463. The smallest absolute Gasteiger partial charge is 0.0235 e. The lowest BCUT2D eigenvalue weighted by Crippen LogP contribution is -1.78. The van der Waals surface area contributed by atoms with Gasteiger partial charge < -0.3 is 0 Å². The van der Waals surface area contributed by atoms with Crippen LogP contribution in [0.15, 0.2) is 0 Å². The van der Waals surface area contributed by atoms with E-state index in [1.807, 2.05) is 0 Å². The first-order chi connectivity index (χ1) is 4.42. The summed E-state index contributed by atoms with van der Waals surface area (Å²) in [5.74, 6) is 2.43. The van der Waals surface area contributed by atoms with Crippen LogP contribution in [0.5, 0.6) is 0 Å². The Labute approximate surface area is 56.6 Å². The highest BCUT2D eigenvalue weighted by Gasteiger charge is 2.69. The van der Waals surface area contributed by atoms with E-state index in [1.165, 1.54) is 11.8 Å². The minimum Gasteiger partial charge on any atom is -0.0530 e. The molecule has 0 nitrogen and oxygen atoms in total. The zero-order chi connectivity index (χ0) is 5.90. The van der Waals surface area contributed by atoms with Crippen molar-refractivity contribution >= 4 is 0 Å². The summed E-state index contributed by atoms with van der Waals surface area (Å²) in [6.45, 7) is 0. The van der Waals surface area contributed by atoms with Crippen LogP contribution in [0.4, 0.5) is 0 Å². The van der Waals surface area contributed by atoms with Gasteiger partial charge >= 0.3 is 0 Å². The number of hydrogen-bond donors (Lipinski definition) is 0. The van der Waals surface area contributed by atoms with E-state index in [4.69, 9.17) is 0 Å². The van der Waals surface area contributed by atoms with Crippen molar-refractivity contribution in [3.63, 3.8) is 0 Å². The Kier molecular flexibility index (Phi) is 0.640. The molecule has 0 aromatic carbocycles. The molecule has 0 aromatic rings. The molecule has 9 heavy (non-hydrogen) atoms. The highest BCUT2D eigenvalue weighted by atomic mass is 14.7. The summed E-state index contributed by atoms with van der Waals surface area (Å²) in [4.78, 5) is 0. The molecule has 3 rings (SSSR count). The van der Waals surface area contributed by atoms with Crippen molar-refractivity contribution in [2.75, 3.05) is 0 Å². The minimum atomic E-state index is 0.997. The van der Waals surface area contributed by atoms with Crippen molar-refractivity contribution in [2.24, 2.45) is 17.3 Å². The molecule has 0 amide bonds. The highest BCUT2D eigenvalue weighted by molar-refractivity contribution is 5.18. The van der Waals surface area contributed by atoms with E-state index in [-0.39, 0.29) is 0 Å². The summed E-state index contributed by atoms with van der Waals surface area (Å²) < 4.78 is 0. The molecule has 2 atom stereocenters. The Bertz CT molecular complexity index is 130. The van der Waals surface area contributed by atoms with Crippen molar-refractivity contribution in [3.05, 3.63) is 0 Å². The second kappa shape index (κ2) is 1.21. The van der Waals surface area contributed by atoms with Crippen LogP contribution in [-0.2, 0) is 0 Å². The Hall–Kier alpha value is 0. The summed E-state index contributed by atoms with van der Waals surface area (Å²) in [6.07, 6.45) is 9.49. The fourth-order valence-electron chi connectivity index (χ4n) is 3.11. The molecule has 0 saturated heterocycles. The molecular formula is C9H14. The third-order valence-electron chi connectivity index (χ3n) is 3.91. The molecule has 3 aliphatic rings. The van der Waals surface area contributed by atoms with Crippen LogP contribution in [0.1, 0.15) is 38.5 Å². The van der Waals surface area contributed by atoms with Gasteiger partial charge in [-0.2, -0.15) is 0 Å². The standard InChI is InChI=1S/C9H14/c1-2-4-8-6-9(8)5-7(9)3-1/h7-8H,1-6H2. The molecule has 0 aromatic heterocycles. The van der Waals surface area contributed by atoms with Gasteiger partial charge in [0.1, 0.15) is 0 Å². The Morgan fingerprint density at radius 2 is 1.44 bits per heavy atom. The van der Waals surface area contributed by atoms with Crippen LogP contribution in [0.2, 0.25) is 0 Å². The van der Waals surface area contributed by atoms with Crippen LogP contribution < -0.4 is 0 Å². The van der Waals surface area contributed by atoms with Gasteiger partial charge in [0.15, 0.2) is 0 Å². The molecule has 0 aliphatic heterocycles. The molecule has 0 N–H and O–H groups in total. The third-order valence-corrected chi connectivity index (χ3v) is 3.91. The van der Waals surface area contributed by atoms with E-state index in [1.54, 1.807) is 38.5 Å². The molecule has 3 fully saturated rings. The second-order valence-corrected chi connectivity index (χ2v) is 4.32. The van der Waals surface area contributed by atoms with Crippen LogP contribution in [-0.4, -0.2) is 0 Å². The van der Waals surface area contributed by atoms with Crippen LogP contribution in [0.3, 0.4) is 0 Å². The van der Waals surface area contributed by atoms with Crippen molar-refractivity contribution in [1.29, 1.82) is 0 Å². The SMILES string of the molecule is C1CCC2CC23CC3C1. The molecule has 3 saturated carbocycles. The molecule has 1 spiro atoms. The van der Waals surface area contributed by atoms with Crippen molar-refractivity contribution in [3.8, 4) is 0 Å². The lowest BCUT2D eigenvalue weighted by Gasteiger charge is -1.93. The van der Waals surface area contributed by atoms with Gasteiger partial charge in [0.05, 0.1) is 0 Å². The van der Waals surface area contributed by atoms with Crippen LogP contribution in [0.25, 0.3) is 0 Å². The van der Waals surface area contributed by atoms with Gasteiger partial charge in [-0.3, -0.25) is 0 Å². The molecule has 2 unspecified atom stereocenters. The van der Waals surface area contributed by atoms with Gasteiger partial charge in [-0.15, -0.1) is 0 Å². The Balaban J connectivity index is 1.86. The summed E-state index contributed by atoms with van der Waals surface area (Å²) in [7, 11) is 0. The molecule has 50 valence electrons. The van der Waals surface area contributed by atoms with Gasteiger partial charge in [0, 0.05) is 0 Å². The van der Waals surface area contributed by atoms with E-state index in [2.05, 4.69) is 0 Å². The van der Waals surface area contributed by atoms with E-state index < -0.39 is 0 Å². The van der Waals surface area contributed by atoms with Crippen molar-refractivity contribution in [2.45, 2.75) is 38.5 Å². The van der Waals surface area contributed by atoms with Crippen LogP contribution in [0, 0.1) is 17.3 Å². The Morgan fingerprint density at radius 3 is 2.00 bits per heavy atom. The predicted octanol–water partition coefficient (Wildman–Crippen LogP) is 2.59. The zero-order valence-electron chi connectivity index (χ0n) is 5.90. The monoisotopic (exact) mass is 122 g/mol. The summed E-state index contributed by atoms with van der Waals surface area (Å²) in [6, 6.07) is 0. The van der Waals surface area contributed by atoms with Gasteiger partial charge in [0.25, 0.3) is 0 Å². The molecule has 0 heterocycles. The fraction of sp³-hybridized carbons (Fsp3) is 1.00. The first-order valence-electron chi connectivity index (χ1n) is 4.42. The number of rotatable bonds is 0.